The van der Waals surface area contributed by atoms with Gasteiger partial charge in [0.2, 0.25) is 5.78 Å². The highest BCUT2D eigenvalue weighted by atomic mass is 16.3. The molecule has 1 aromatic carbocycles. The second-order valence-electron chi connectivity index (χ2n) is 2.95. The predicted octanol–water partition coefficient (Wildman–Crippen LogP) is 2.21. The molecule has 0 aliphatic carbocycles. The molecular weight excluding hydrogens is 178 g/mol. The Labute approximate surface area is 81.4 Å². The van der Waals surface area contributed by atoms with E-state index in [0.29, 0.717) is 17.1 Å². The van der Waals surface area contributed by atoms with E-state index >= 15 is 0 Å². The van der Waals surface area contributed by atoms with Crippen molar-refractivity contribution in [3.63, 3.8) is 0 Å². The third kappa shape index (κ3) is 1.57. The topological polar surface area (TPSA) is 43.1 Å². The highest BCUT2D eigenvalue weighted by Gasteiger charge is 2.11. The lowest BCUT2D eigenvalue weighted by Crippen LogP contribution is -2.00. The summed E-state index contributed by atoms with van der Waals surface area (Å²) in [5, 5.41) is 0. The number of rotatable bonds is 2. The number of benzene rings is 1. The van der Waals surface area contributed by atoms with Crippen LogP contribution in [0.2, 0.25) is 0 Å². The first-order valence-corrected chi connectivity index (χ1v) is 4.29. The van der Waals surface area contributed by atoms with Crippen LogP contribution in [0.25, 0.3) is 0 Å². The normalized spacial score (nSPS) is 10.1. The average molecular weight is 187 g/mol. The predicted molar refractivity (Wildman–Crippen MR) is 51.1 cm³/mol. The fraction of sp³-hybridized carbons (Fsp3) is 0.0909. The van der Waals surface area contributed by atoms with Crippen LogP contribution in [0, 0.1) is 6.92 Å². The van der Waals surface area contributed by atoms with E-state index in [1.54, 1.807) is 19.1 Å². The van der Waals surface area contributed by atoms with E-state index < -0.39 is 0 Å². The smallest absolute Gasteiger partial charge is 0.214 e. The standard InChI is InChI=1S/C11H9NO2/c1-8-12-10(7-14-8)11(13)9-5-3-2-4-6-9/h2-7H,1H3. The Hall–Kier alpha value is -1.90. The lowest BCUT2D eigenvalue weighted by molar-refractivity contribution is 0.103. The first kappa shape index (κ1) is 8.69. The molecule has 14 heavy (non-hydrogen) atoms. The van der Waals surface area contributed by atoms with Crippen molar-refractivity contribution < 1.29 is 9.21 Å². The monoisotopic (exact) mass is 187 g/mol. The van der Waals surface area contributed by atoms with E-state index in [-0.39, 0.29) is 5.78 Å². The van der Waals surface area contributed by atoms with E-state index in [0.717, 1.165) is 0 Å². The number of oxazole rings is 1. The van der Waals surface area contributed by atoms with Gasteiger partial charge in [0.25, 0.3) is 0 Å². The second kappa shape index (κ2) is 3.46. The molecule has 2 aromatic rings. The molecule has 0 unspecified atom stereocenters. The van der Waals surface area contributed by atoms with E-state index in [9.17, 15) is 4.79 Å². The number of aromatic nitrogens is 1. The number of nitrogens with zero attached hydrogens (tertiary/aromatic N) is 1. The fourth-order valence-electron chi connectivity index (χ4n) is 1.21. The number of aryl methyl sites for hydroxylation is 1. The van der Waals surface area contributed by atoms with E-state index in [1.165, 1.54) is 6.26 Å². The second-order valence-corrected chi connectivity index (χ2v) is 2.95. The zero-order chi connectivity index (χ0) is 9.97. The summed E-state index contributed by atoms with van der Waals surface area (Å²) in [6.45, 7) is 1.71. The summed E-state index contributed by atoms with van der Waals surface area (Å²) in [5.41, 5.74) is 0.981. The van der Waals surface area contributed by atoms with Crippen LogP contribution in [0.4, 0.5) is 0 Å². The molecule has 3 heteroatoms. The average Bonchev–Trinajstić information content (AvgIpc) is 2.65. The summed E-state index contributed by atoms with van der Waals surface area (Å²) in [6.07, 6.45) is 1.38. The molecule has 70 valence electrons. The van der Waals surface area contributed by atoms with Gasteiger partial charge in [-0.2, -0.15) is 0 Å². The Morgan fingerprint density at radius 3 is 2.57 bits per heavy atom. The van der Waals surface area contributed by atoms with Crippen LogP contribution >= 0.6 is 0 Å². The van der Waals surface area contributed by atoms with Crippen LogP contribution in [0.5, 0.6) is 0 Å². The summed E-state index contributed by atoms with van der Waals surface area (Å²) in [6, 6.07) is 9.02. The first-order chi connectivity index (χ1) is 6.77. The van der Waals surface area contributed by atoms with E-state index in [2.05, 4.69) is 4.98 Å². The van der Waals surface area contributed by atoms with Crippen LogP contribution < -0.4 is 0 Å². The molecule has 0 aliphatic rings. The Morgan fingerprint density at radius 1 is 1.29 bits per heavy atom. The Balaban J connectivity index is 2.34. The largest absolute Gasteiger partial charge is 0.449 e. The maximum Gasteiger partial charge on any atom is 0.214 e. The summed E-state index contributed by atoms with van der Waals surface area (Å²) in [5.74, 6) is 0.395. The zero-order valence-corrected chi connectivity index (χ0v) is 7.73. The van der Waals surface area contributed by atoms with Crippen molar-refractivity contribution in [3.05, 3.63) is 53.7 Å². The third-order valence-corrected chi connectivity index (χ3v) is 1.89. The molecule has 0 spiro atoms. The molecule has 2 rings (SSSR count). The van der Waals surface area contributed by atoms with Crippen molar-refractivity contribution in [2.75, 3.05) is 0 Å². The number of carbonyl (C=O) groups excluding carboxylic acids is 1. The van der Waals surface area contributed by atoms with Gasteiger partial charge in [0.05, 0.1) is 0 Å². The molecule has 0 amide bonds. The van der Waals surface area contributed by atoms with Gasteiger partial charge in [0.15, 0.2) is 5.89 Å². The highest BCUT2D eigenvalue weighted by molar-refractivity contribution is 6.07. The molecule has 0 saturated carbocycles. The zero-order valence-electron chi connectivity index (χ0n) is 7.73. The molecular formula is C11H9NO2. The summed E-state index contributed by atoms with van der Waals surface area (Å²) in [7, 11) is 0. The minimum Gasteiger partial charge on any atom is -0.449 e. The van der Waals surface area contributed by atoms with Crippen molar-refractivity contribution in [2.45, 2.75) is 6.92 Å². The molecule has 0 N–H and O–H groups in total. The molecule has 0 fully saturated rings. The maximum absolute atomic E-state index is 11.7. The van der Waals surface area contributed by atoms with Crippen LogP contribution in [0.1, 0.15) is 21.9 Å². The molecule has 1 heterocycles. The van der Waals surface area contributed by atoms with Gasteiger partial charge in [-0.15, -0.1) is 0 Å². The highest BCUT2D eigenvalue weighted by Crippen LogP contribution is 2.08. The van der Waals surface area contributed by atoms with Crippen molar-refractivity contribution >= 4 is 5.78 Å². The number of hydrogen-bond donors (Lipinski definition) is 0. The summed E-state index contributed by atoms with van der Waals surface area (Å²) >= 11 is 0. The number of carbonyl (C=O) groups is 1. The van der Waals surface area contributed by atoms with Crippen LogP contribution in [0.3, 0.4) is 0 Å². The first-order valence-electron chi connectivity index (χ1n) is 4.29. The van der Waals surface area contributed by atoms with Gasteiger partial charge in [0, 0.05) is 12.5 Å². The SMILES string of the molecule is Cc1nc(C(=O)c2ccccc2)co1. The van der Waals surface area contributed by atoms with Gasteiger partial charge < -0.3 is 4.42 Å². The summed E-state index contributed by atoms with van der Waals surface area (Å²) < 4.78 is 4.98. The number of ketones is 1. The molecule has 0 aliphatic heterocycles. The van der Waals surface area contributed by atoms with Gasteiger partial charge >= 0.3 is 0 Å². The lowest BCUT2D eigenvalue weighted by Gasteiger charge is -1.94. The Bertz CT molecular complexity index is 445. The third-order valence-electron chi connectivity index (χ3n) is 1.89. The van der Waals surface area contributed by atoms with Crippen molar-refractivity contribution in [1.82, 2.24) is 4.98 Å². The van der Waals surface area contributed by atoms with E-state index in [1.807, 2.05) is 18.2 Å². The minimum absolute atomic E-state index is 0.109. The molecule has 0 bridgehead atoms. The molecule has 0 radical (unpaired) electrons. The van der Waals surface area contributed by atoms with Crippen LogP contribution in [-0.2, 0) is 0 Å². The van der Waals surface area contributed by atoms with Crippen LogP contribution in [0.15, 0.2) is 41.0 Å². The van der Waals surface area contributed by atoms with Crippen molar-refractivity contribution in [3.8, 4) is 0 Å². The molecule has 3 nitrogen and oxygen atoms in total. The summed E-state index contributed by atoms with van der Waals surface area (Å²) in [4.78, 5) is 15.7. The van der Waals surface area contributed by atoms with Gasteiger partial charge in [-0.1, -0.05) is 30.3 Å². The molecule has 0 atom stereocenters. The van der Waals surface area contributed by atoms with Crippen molar-refractivity contribution in [2.24, 2.45) is 0 Å². The Morgan fingerprint density at radius 2 is 2.00 bits per heavy atom. The van der Waals surface area contributed by atoms with E-state index in [4.69, 9.17) is 4.42 Å². The van der Waals surface area contributed by atoms with Gasteiger partial charge in [-0.05, 0) is 0 Å². The van der Waals surface area contributed by atoms with Gasteiger partial charge in [-0.25, -0.2) is 4.98 Å². The Kier molecular flexibility index (Phi) is 2.14. The minimum atomic E-state index is -0.109. The number of hydrogen-bond acceptors (Lipinski definition) is 3. The van der Waals surface area contributed by atoms with Crippen molar-refractivity contribution in [1.29, 1.82) is 0 Å². The molecule has 1 aromatic heterocycles. The van der Waals surface area contributed by atoms with Gasteiger partial charge in [-0.3, -0.25) is 4.79 Å². The lowest BCUT2D eigenvalue weighted by atomic mass is 10.1. The quantitative estimate of drug-likeness (QED) is 0.677. The van der Waals surface area contributed by atoms with Gasteiger partial charge in [0.1, 0.15) is 12.0 Å². The fourth-order valence-corrected chi connectivity index (χ4v) is 1.21. The maximum atomic E-state index is 11.7. The molecule has 0 saturated heterocycles. The van der Waals surface area contributed by atoms with Crippen LogP contribution in [-0.4, -0.2) is 10.8 Å².